The quantitative estimate of drug-likeness (QED) is 0.477. The van der Waals surface area contributed by atoms with E-state index in [4.69, 9.17) is 11.6 Å². The molecular formula is C13H14ClNO2S. The first-order valence-corrected chi connectivity index (χ1v) is 7.52. The van der Waals surface area contributed by atoms with Gasteiger partial charge in [0.05, 0.1) is 9.82 Å². The number of alkyl halides is 1. The van der Waals surface area contributed by atoms with Crippen molar-refractivity contribution in [3.8, 4) is 0 Å². The van der Waals surface area contributed by atoms with E-state index >= 15 is 0 Å². The molecule has 0 N–H and O–H groups in total. The van der Waals surface area contributed by atoms with Crippen LogP contribution in [0.15, 0.2) is 29.2 Å². The van der Waals surface area contributed by atoms with Gasteiger partial charge in [0.1, 0.15) is 0 Å². The summed E-state index contributed by atoms with van der Waals surface area (Å²) in [6.07, 6.45) is 3.66. The molecular weight excluding hydrogens is 270 g/mol. The van der Waals surface area contributed by atoms with Crippen molar-refractivity contribution >= 4 is 29.1 Å². The summed E-state index contributed by atoms with van der Waals surface area (Å²) in [4.78, 5) is 11.4. The van der Waals surface area contributed by atoms with Crippen LogP contribution in [-0.4, -0.2) is 15.6 Å². The zero-order valence-electron chi connectivity index (χ0n) is 9.79. The number of halogens is 1. The Kier molecular flexibility index (Phi) is 3.24. The molecule has 2 aliphatic carbocycles. The van der Waals surface area contributed by atoms with Crippen molar-refractivity contribution in [2.45, 2.75) is 34.8 Å². The number of rotatable bonds is 3. The summed E-state index contributed by atoms with van der Waals surface area (Å²) < 4.78 is 0. The fourth-order valence-electron chi connectivity index (χ4n) is 3.18. The van der Waals surface area contributed by atoms with E-state index < -0.39 is 0 Å². The minimum atomic E-state index is -0.307. The molecule has 3 rings (SSSR count). The van der Waals surface area contributed by atoms with E-state index in [-0.39, 0.29) is 16.0 Å². The first kappa shape index (κ1) is 12.3. The molecule has 0 aliphatic heterocycles. The van der Waals surface area contributed by atoms with Crippen LogP contribution in [0.5, 0.6) is 0 Å². The molecule has 1 aromatic carbocycles. The second-order valence-corrected chi connectivity index (χ2v) is 6.81. The van der Waals surface area contributed by atoms with Crippen molar-refractivity contribution in [3.05, 3.63) is 34.4 Å². The van der Waals surface area contributed by atoms with E-state index in [2.05, 4.69) is 0 Å². The molecule has 0 aromatic heterocycles. The number of hydrogen-bond donors (Lipinski definition) is 0. The monoisotopic (exact) mass is 283 g/mol. The summed E-state index contributed by atoms with van der Waals surface area (Å²) in [7, 11) is 0. The number of nitro groups is 1. The maximum absolute atomic E-state index is 11.0. The normalized spacial score (nSPS) is 33.8. The highest BCUT2D eigenvalue weighted by Gasteiger charge is 2.47. The molecule has 0 unspecified atom stereocenters. The largest absolute Gasteiger partial charge is 0.282 e. The lowest BCUT2D eigenvalue weighted by atomic mass is 10.00. The second kappa shape index (κ2) is 4.74. The summed E-state index contributed by atoms with van der Waals surface area (Å²) in [5.74, 6) is 1.26. The second-order valence-electron chi connectivity index (χ2n) is 5.08. The van der Waals surface area contributed by atoms with Crippen LogP contribution < -0.4 is 0 Å². The Bertz CT molecular complexity index is 480. The van der Waals surface area contributed by atoms with Crippen LogP contribution in [0, 0.1) is 22.0 Å². The van der Waals surface area contributed by atoms with Gasteiger partial charge in [-0.15, -0.1) is 23.4 Å². The Morgan fingerprint density at radius 1 is 1.28 bits per heavy atom. The highest BCUT2D eigenvalue weighted by molar-refractivity contribution is 8.00. The Labute approximate surface area is 115 Å². The average molecular weight is 284 g/mol. The standard InChI is InChI=1S/C13H14ClNO2S/c14-12-8-5-6-9(7-8)13(12)18-11-4-2-1-3-10(11)15(16)17/h1-4,8-9,12-13H,5-7H2/t8-,9+,12+,13-/m1/s1. The lowest BCUT2D eigenvalue weighted by Crippen LogP contribution is -2.25. The molecule has 2 bridgehead atoms. The van der Waals surface area contributed by atoms with Gasteiger partial charge in [-0.25, -0.2) is 0 Å². The predicted molar refractivity (Wildman–Crippen MR) is 73.2 cm³/mol. The van der Waals surface area contributed by atoms with Crippen LogP contribution in [0.1, 0.15) is 19.3 Å². The molecule has 3 nitrogen and oxygen atoms in total. The number of nitrogens with zero attached hydrogens (tertiary/aromatic N) is 1. The summed E-state index contributed by atoms with van der Waals surface area (Å²) in [6, 6.07) is 6.96. The highest BCUT2D eigenvalue weighted by Crippen LogP contribution is 2.54. The van der Waals surface area contributed by atoms with Crippen LogP contribution in [0.4, 0.5) is 5.69 Å². The van der Waals surface area contributed by atoms with Crippen molar-refractivity contribution < 1.29 is 4.92 Å². The van der Waals surface area contributed by atoms with Gasteiger partial charge in [0.15, 0.2) is 0 Å². The van der Waals surface area contributed by atoms with Crippen LogP contribution >= 0.6 is 23.4 Å². The van der Waals surface area contributed by atoms with Gasteiger partial charge in [-0.2, -0.15) is 0 Å². The van der Waals surface area contributed by atoms with Gasteiger partial charge in [-0.05, 0) is 37.2 Å². The van der Waals surface area contributed by atoms with E-state index in [1.165, 1.54) is 19.3 Å². The Balaban J connectivity index is 1.83. The number of fused-ring (bicyclic) bond motifs is 2. The molecule has 1 aromatic rings. The number of nitro benzene ring substituents is 1. The van der Waals surface area contributed by atoms with E-state index in [9.17, 15) is 10.1 Å². The maximum atomic E-state index is 11.0. The third-order valence-corrected chi connectivity index (χ3v) is 6.39. The summed E-state index contributed by atoms with van der Waals surface area (Å²) in [5, 5.41) is 11.5. The van der Waals surface area contributed by atoms with Gasteiger partial charge in [0.25, 0.3) is 5.69 Å². The van der Waals surface area contributed by atoms with Crippen LogP contribution in [0.3, 0.4) is 0 Å². The first-order chi connectivity index (χ1) is 8.66. The van der Waals surface area contributed by atoms with Gasteiger partial charge in [0, 0.05) is 16.7 Å². The minimum Gasteiger partial charge on any atom is -0.258 e. The third kappa shape index (κ3) is 2.01. The Morgan fingerprint density at radius 3 is 2.67 bits per heavy atom. The van der Waals surface area contributed by atoms with Crippen molar-refractivity contribution in [1.82, 2.24) is 0 Å². The molecule has 18 heavy (non-hydrogen) atoms. The van der Waals surface area contributed by atoms with E-state index in [1.54, 1.807) is 23.9 Å². The van der Waals surface area contributed by atoms with Gasteiger partial charge in [-0.3, -0.25) is 10.1 Å². The smallest absolute Gasteiger partial charge is 0.258 e. The number of hydrogen-bond acceptors (Lipinski definition) is 3. The molecule has 2 fully saturated rings. The van der Waals surface area contributed by atoms with Crippen molar-refractivity contribution in [3.63, 3.8) is 0 Å². The molecule has 2 aliphatic rings. The van der Waals surface area contributed by atoms with Crippen molar-refractivity contribution in [2.75, 3.05) is 0 Å². The predicted octanol–water partition coefficient (Wildman–Crippen LogP) is 4.09. The van der Waals surface area contributed by atoms with E-state index in [0.717, 1.165) is 4.90 Å². The van der Waals surface area contributed by atoms with Crippen LogP contribution in [0.2, 0.25) is 0 Å². The fraction of sp³-hybridized carbons (Fsp3) is 0.538. The Hall–Kier alpha value is -0.740. The fourth-order valence-corrected chi connectivity index (χ4v) is 5.28. The molecule has 5 heteroatoms. The van der Waals surface area contributed by atoms with E-state index in [1.807, 2.05) is 12.1 Å². The average Bonchev–Trinajstić information content (AvgIpc) is 2.93. The topological polar surface area (TPSA) is 43.1 Å². The lowest BCUT2D eigenvalue weighted by Gasteiger charge is -2.25. The zero-order valence-corrected chi connectivity index (χ0v) is 11.4. The molecule has 0 radical (unpaired) electrons. The third-order valence-electron chi connectivity index (χ3n) is 4.07. The summed E-state index contributed by atoms with van der Waals surface area (Å²) in [6.45, 7) is 0. The summed E-state index contributed by atoms with van der Waals surface area (Å²) in [5.41, 5.74) is 0.203. The van der Waals surface area contributed by atoms with Gasteiger partial charge in [0.2, 0.25) is 0 Å². The number of thioether (sulfide) groups is 1. The van der Waals surface area contributed by atoms with Crippen LogP contribution in [-0.2, 0) is 0 Å². The molecule has 0 spiro atoms. The van der Waals surface area contributed by atoms with Crippen LogP contribution in [0.25, 0.3) is 0 Å². The van der Waals surface area contributed by atoms with Gasteiger partial charge in [-0.1, -0.05) is 12.1 Å². The molecule has 4 atom stereocenters. The molecule has 0 saturated heterocycles. The Morgan fingerprint density at radius 2 is 2.00 bits per heavy atom. The maximum Gasteiger partial charge on any atom is 0.282 e. The highest BCUT2D eigenvalue weighted by atomic mass is 35.5. The van der Waals surface area contributed by atoms with Gasteiger partial charge >= 0.3 is 0 Å². The minimum absolute atomic E-state index is 0.175. The number of para-hydroxylation sites is 1. The van der Waals surface area contributed by atoms with Crippen molar-refractivity contribution in [1.29, 1.82) is 0 Å². The SMILES string of the molecule is O=[N+]([O-])c1ccccc1S[C@@H]1[C@H]2CC[C@H](C2)[C@@H]1Cl. The lowest BCUT2D eigenvalue weighted by molar-refractivity contribution is -0.387. The van der Waals surface area contributed by atoms with E-state index in [0.29, 0.717) is 17.1 Å². The van der Waals surface area contributed by atoms with Gasteiger partial charge < -0.3 is 0 Å². The molecule has 0 heterocycles. The molecule has 2 saturated carbocycles. The summed E-state index contributed by atoms with van der Waals surface area (Å²) >= 11 is 8.07. The van der Waals surface area contributed by atoms with Crippen molar-refractivity contribution in [2.24, 2.45) is 11.8 Å². The number of benzene rings is 1. The first-order valence-electron chi connectivity index (χ1n) is 6.21. The molecule has 96 valence electrons. The zero-order chi connectivity index (χ0) is 12.7. The molecule has 0 amide bonds.